The number of nitrogens with one attached hydrogen (secondary N) is 1. The van der Waals surface area contributed by atoms with Crippen LogP contribution in [-0.2, 0) is 11.2 Å². The van der Waals surface area contributed by atoms with E-state index in [1.807, 2.05) is 6.92 Å². The van der Waals surface area contributed by atoms with Gasteiger partial charge in [-0.05, 0) is 6.92 Å². The molecule has 0 aliphatic carbocycles. The first kappa shape index (κ1) is 12.6. The van der Waals surface area contributed by atoms with Gasteiger partial charge in [0.25, 0.3) is 0 Å². The number of thiazole rings is 1. The highest BCUT2D eigenvalue weighted by molar-refractivity contribution is 7.09. The SMILES string of the molecule is COCCNCC(C)(O)Cc1cncs1. The van der Waals surface area contributed by atoms with Crippen molar-refractivity contribution in [2.75, 3.05) is 26.8 Å². The van der Waals surface area contributed by atoms with Crippen molar-refractivity contribution in [3.8, 4) is 0 Å². The third-order valence-corrected chi connectivity index (χ3v) is 2.81. The average Bonchev–Trinajstić information content (AvgIpc) is 2.64. The fourth-order valence-electron chi connectivity index (χ4n) is 1.30. The van der Waals surface area contributed by atoms with Crippen LogP contribution in [0.25, 0.3) is 0 Å². The summed E-state index contributed by atoms with van der Waals surface area (Å²) in [7, 11) is 1.66. The van der Waals surface area contributed by atoms with Crippen LogP contribution in [0.1, 0.15) is 11.8 Å². The lowest BCUT2D eigenvalue weighted by molar-refractivity contribution is 0.0589. The first-order chi connectivity index (χ1) is 7.14. The van der Waals surface area contributed by atoms with E-state index in [9.17, 15) is 5.11 Å². The Kier molecular flexibility index (Phi) is 5.17. The van der Waals surface area contributed by atoms with E-state index in [1.165, 1.54) is 0 Å². The summed E-state index contributed by atoms with van der Waals surface area (Å²) in [6.07, 6.45) is 2.44. The summed E-state index contributed by atoms with van der Waals surface area (Å²) in [5.41, 5.74) is 1.06. The molecule has 0 aliphatic rings. The molecule has 0 radical (unpaired) electrons. The van der Waals surface area contributed by atoms with Crippen molar-refractivity contribution >= 4 is 11.3 Å². The minimum absolute atomic E-state index is 0.564. The van der Waals surface area contributed by atoms with Crippen LogP contribution in [0.2, 0.25) is 0 Å². The molecule has 0 saturated carbocycles. The Morgan fingerprint density at radius 3 is 3.07 bits per heavy atom. The minimum atomic E-state index is -0.722. The summed E-state index contributed by atoms with van der Waals surface area (Å²) in [5.74, 6) is 0. The molecule has 0 fully saturated rings. The molecule has 1 aromatic heterocycles. The van der Waals surface area contributed by atoms with Gasteiger partial charge in [-0.1, -0.05) is 0 Å². The monoisotopic (exact) mass is 230 g/mol. The molecular formula is C10H18N2O2S. The molecule has 0 amide bonds. The minimum Gasteiger partial charge on any atom is -0.388 e. The van der Waals surface area contributed by atoms with Crippen LogP contribution in [0.3, 0.4) is 0 Å². The van der Waals surface area contributed by atoms with Gasteiger partial charge in [0.15, 0.2) is 0 Å². The molecule has 15 heavy (non-hydrogen) atoms. The number of hydrogen-bond acceptors (Lipinski definition) is 5. The predicted molar refractivity (Wildman–Crippen MR) is 61.2 cm³/mol. The number of aliphatic hydroxyl groups is 1. The van der Waals surface area contributed by atoms with Crippen molar-refractivity contribution in [1.82, 2.24) is 10.3 Å². The first-order valence-electron chi connectivity index (χ1n) is 4.93. The molecule has 1 rings (SSSR count). The number of rotatable bonds is 7. The Morgan fingerprint density at radius 1 is 1.67 bits per heavy atom. The third kappa shape index (κ3) is 5.22. The van der Waals surface area contributed by atoms with Crippen molar-refractivity contribution in [3.63, 3.8) is 0 Å². The van der Waals surface area contributed by atoms with E-state index < -0.39 is 5.60 Å². The number of ether oxygens (including phenoxy) is 1. The summed E-state index contributed by atoms with van der Waals surface area (Å²) in [4.78, 5) is 5.09. The van der Waals surface area contributed by atoms with E-state index in [-0.39, 0.29) is 0 Å². The molecule has 2 N–H and O–H groups in total. The van der Waals surface area contributed by atoms with Gasteiger partial charge in [0.05, 0.1) is 17.7 Å². The van der Waals surface area contributed by atoms with Crippen LogP contribution in [0.5, 0.6) is 0 Å². The van der Waals surface area contributed by atoms with Crippen LogP contribution >= 0.6 is 11.3 Å². The fourth-order valence-corrected chi connectivity index (χ4v) is 2.07. The van der Waals surface area contributed by atoms with E-state index in [0.717, 1.165) is 11.4 Å². The van der Waals surface area contributed by atoms with E-state index in [4.69, 9.17) is 4.74 Å². The first-order valence-corrected chi connectivity index (χ1v) is 5.81. The summed E-state index contributed by atoms with van der Waals surface area (Å²) in [6.45, 7) is 3.81. The molecule has 1 aromatic rings. The van der Waals surface area contributed by atoms with Crippen LogP contribution in [0.4, 0.5) is 0 Å². The number of nitrogens with zero attached hydrogens (tertiary/aromatic N) is 1. The van der Waals surface area contributed by atoms with Crippen LogP contribution in [0, 0.1) is 0 Å². The smallest absolute Gasteiger partial charge is 0.0794 e. The maximum atomic E-state index is 10.1. The number of aromatic nitrogens is 1. The average molecular weight is 230 g/mol. The van der Waals surface area contributed by atoms with E-state index in [0.29, 0.717) is 19.6 Å². The third-order valence-electron chi connectivity index (χ3n) is 2.03. The lowest BCUT2D eigenvalue weighted by atomic mass is 10.0. The van der Waals surface area contributed by atoms with E-state index in [1.54, 1.807) is 30.2 Å². The van der Waals surface area contributed by atoms with Gasteiger partial charge >= 0.3 is 0 Å². The summed E-state index contributed by atoms with van der Waals surface area (Å²) in [5, 5.41) is 13.2. The fraction of sp³-hybridized carbons (Fsp3) is 0.700. The molecule has 0 aromatic carbocycles. The maximum Gasteiger partial charge on any atom is 0.0794 e. The summed E-state index contributed by atoms with van der Waals surface area (Å²) in [6, 6.07) is 0. The van der Waals surface area contributed by atoms with Crippen molar-refractivity contribution in [3.05, 3.63) is 16.6 Å². The molecule has 1 unspecified atom stereocenters. The topological polar surface area (TPSA) is 54.4 Å². The second-order valence-corrected chi connectivity index (χ2v) is 4.78. The van der Waals surface area contributed by atoms with Gasteiger partial charge in [0.1, 0.15) is 0 Å². The zero-order valence-corrected chi connectivity index (χ0v) is 10.0. The van der Waals surface area contributed by atoms with Crippen molar-refractivity contribution in [1.29, 1.82) is 0 Å². The van der Waals surface area contributed by atoms with E-state index in [2.05, 4.69) is 10.3 Å². The summed E-state index contributed by atoms with van der Waals surface area (Å²) >= 11 is 1.57. The highest BCUT2D eigenvalue weighted by atomic mass is 32.1. The molecule has 0 bridgehead atoms. The predicted octanol–water partition coefficient (Wildman–Crippen LogP) is 0.673. The molecule has 0 spiro atoms. The molecule has 0 aliphatic heterocycles. The maximum absolute atomic E-state index is 10.1. The van der Waals surface area contributed by atoms with Crippen LogP contribution in [0.15, 0.2) is 11.7 Å². The van der Waals surface area contributed by atoms with Gasteiger partial charge in [0, 0.05) is 37.7 Å². The highest BCUT2D eigenvalue weighted by Gasteiger charge is 2.20. The van der Waals surface area contributed by atoms with Crippen LogP contribution < -0.4 is 5.32 Å². The lowest BCUT2D eigenvalue weighted by Crippen LogP contribution is -2.40. The van der Waals surface area contributed by atoms with Gasteiger partial charge < -0.3 is 15.2 Å². The molecule has 4 nitrogen and oxygen atoms in total. The zero-order chi connectivity index (χ0) is 11.1. The van der Waals surface area contributed by atoms with Crippen LogP contribution in [-0.4, -0.2) is 42.5 Å². The van der Waals surface area contributed by atoms with Crippen molar-refractivity contribution in [2.45, 2.75) is 18.9 Å². The van der Waals surface area contributed by atoms with Crippen molar-refractivity contribution in [2.24, 2.45) is 0 Å². The Morgan fingerprint density at radius 2 is 2.47 bits per heavy atom. The zero-order valence-electron chi connectivity index (χ0n) is 9.19. The van der Waals surface area contributed by atoms with Gasteiger partial charge in [-0.3, -0.25) is 4.98 Å². The number of methoxy groups -OCH3 is 1. The quantitative estimate of drug-likeness (QED) is 0.676. The molecule has 1 atom stereocenters. The molecule has 1 heterocycles. The van der Waals surface area contributed by atoms with Gasteiger partial charge in [-0.2, -0.15) is 0 Å². The van der Waals surface area contributed by atoms with Gasteiger partial charge in [-0.25, -0.2) is 0 Å². The Labute approximate surface area is 94.3 Å². The largest absolute Gasteiger partial charge is 0.388 e. The summed E-state index contributed by atoms with van der Waals surface area (Å²) < 4.78 is 4.91. The molecular weight excluding hydrogens is 212 g/mol. The second kappa shape index (κ2) is 6.17. The second-order valence-electron chi connectivity index (χ2n) is 3.81. The molecule has 0 saturated heterocycles. The standard InChI is InChI=1S/C10H18N2O2S/c1-10(13,7-11-3-4-14-2)5-9-6-12-8-15-9/h6,8,11,13H,3-5,7H2,1-2H3. The molecule has 5 heteroatoms. The Balaban J connectivity index is 2.25. The van der Waals surface area contributed by atoms with Crippen molar-refractivity contribution < 1.29 is 9.84 Å². The highest BCUT2D eigenvalue weighted by Crippen LogP contribution is 2.15. The van der Waals surface area contributed by atoms with E-state index >= 15 is 0 Å². The number of hydrogen-bond donors (Lipinski definition) is 2. The Bertz CT molecular complexity index is 262. The van der Waals surface area contributed by atoms with Gasteiger partial charge in [-0.15, -0.1) is 11.3 Å². The lowest BCUT2D eigenvalue weighted by Gasteiger charge is -2.22. The van der Waals surface area contributed by atoms with Gasteiger partial charge in [0.2, 0.25) is 0 Å². The Hall–Kier alpha value is -0.490. The normalized spacial score (nSPS) is 15.1. The molecule has 86 valence electrons.